The predicted molar refractivity (Wildman–Crippen MR) is 101 cm³/mol. The highest BCUT2D eigenvalue weighted by Gasteiger charge is 2.22. The minimum absolute atomic E-state index is 0.0801. The van der Waals surface area contributed by atoms with Crippen LogP contribution in [0.5, 0.6) is 0 Å². The number of benzene rings is 1. The smallest absolute Gasteiger partial charge is 0.262 e. The van der Waals surface area contributed by atoms with Crippen LogP contribution in [0.3, 0.4) is 0 Å². The molecule has 0 saturated heterocycles. The second kappa shape index (κ2) is 6.43. The largest absolute Gasteiger partial charge is 0.292 e. The van der Waals surface area contributed by atoms with Gasteiger partial charge in [0.25, 0.3) is 5.56 Å². The third kappa shape index (κ3) is 2.78. The third-order valence-electron chi connectivity index (χ3n) is 5.05. The van der Waals surface area contributed by atoms with Crippen LogP contribution in [0.2, 0.25) is 0 Å². The van der Waals surface area contributed by atoms with Crippen molar-refractivity contribution in [3.63, 3.8) is 0 Å². The number of carbonyl (C=O) groups is 1. The van der Waals surface area contributed by atoms with E-state index in [9.17, 15) is 14.0 Å². The summed E-state index contributed by atoms with van der Waals surface area (Å²) in [5.41, 5.74) is 1.80. The van der Waals surface area contributed by atoms with E-state index in [0.717, 1.165) is 36.1 Å². The number of carbonyl (C=O) groups excluding carboxylic acids is 1. The van der Waals surface area contributed by atoms with Gasteiger partial charge < -0.3 is 0 Å². The van der Waals surface area contributed by atoms with E-state index in [2.05, 4.69) is 4.98 Å². The van der Waals surface area contributed by atoms with Crippen LogP contribution in [0.25, 0.3) is 10.2 Å². The lowest BCUT2D eigenvalue weighted by Gasteiger charge is -2.12. The molecule has 0 spiro atoms. The fourth-order valence-corrected chi connectivity index (χ4v) is 4.88. The van der Waals surface area contributed by atoms with Gasteiger partial charge in [0.15, 0.2) is 5.78 Å². The van der Waals surface area contributed by atoms with Crippen LogP contribution in [0, 0.1) is 19.7 Å². The average molecular weight is 370 g/mol. The lowest BCUT2D eigenvalue weighted by Crippen LogP contribution is -2.27. The molecule has 2 heterocycles. The minimum atomic E-state index is -0.345. The Morgan fingerprint density at radius 2 is 2.04 bits per heavy atom. The third-order valence-corrected chi connectivity index (χ3v) is 6.23. The molecule has 134 valence electrons. The zero-order valence-electron chi connectivity index (χ0n) is 14.8. The Bertz CT molecular complexity index is 1100. The van der Waals surface area contributed by atoms with Gasteiger partial charge in [-0.15, -0.1) is 11.3 Å². The van der Waals surface area contributed by atoms with Gasteiger partial charge in [-0.25, -0.2) is 9.37 Å². The zero-order valence-corrected chi connectivity index (χ0v) is 15.6. The molecule has 0 unspecified atom stereocenters. The van der Waals surface area contributed by atoms with Crippen molar-refractivity contribution in [3.8, 4) is 0 Å². The number of ketones is 1. The molecule has 0 saturated carbocycles. The van der Waals surface area contributed by atoms with E-state index in [-0.39, 0.29) is 23.7 Å². The van der Waals surface area contributed by atoms with Crippen molar-refractivity contribution in [3.05, 3.63) is 61.8 Å². The van der Waals surface area contributed by atoms with Gasteiger partial charge in [-0.1, -0.05) is 0 Å². The van der Waals surface area contributed by atoms with E-state index >= 15 is 0 Å². The van der Waals surface area contributed by atoms with Crippen molar-refractivity contribution in [1.29, 1.82) is 0 Å². The summed E-state index contributed by atoms with van der Waals surface area (Å²) in [7, 11) is 0. The number of fused-ring (bicyclic) bond motifs is 3. The number of rotatable bonds is 3. The summed E-state index contributed by atoms with van der Waals surface area (Å²) < 4.78 is 14.9. The first-order valence-corrected chi connectivity index (χ1v) is 9.58. The molecular formula is C20H19FN2O2S. The van der Waals surface area contributed by atoms with Crippen molar-refractivity contribution >= 4 is 27.3 Å². The minimum Gasteiger partial charge on any atom is -0.292 e. The number of thiophene rings is 1. The normalized spacial score (nSPS) is 13.8. The first-order chi connectivity index (χ1) is 12.5. The number of halogens is 1. The second-order valence-corrected chi connectivity index (χ2v) is 7.91. The highest BCUT2D eigenvalue weighted by molar-refractivity contribution is 7.18. The first-order valence-electron chi connectivity index (χ1n) is 8.76. The standard InChI is InChI=1S/C20H19FN2O2S/c1-11-9-13(7-8-15(11)21)16(24)10-23-12(2)22-19-18(20(23)25)14-5-3-4-6-17(14)26-19/h7-9H,3-6,10H2,1-2H3. The van der Waals surface area contributed by atoms with E-state index < -0.39 is 0 Å². The number of hydrogen-bond donors (Lipinski definition) is 0. The van der Waals surface area contributed by atoms with Crippen molar-refractivity contribution in [2.24, 2.45) is 0 Å². The summed E-state index contributed by atoms with van der Waals surface area (Å²) in [6, 6.07) is 4.27. The van der Waals surface area contributed by atoms with E-state index in [1.807, 2.05) is 0 Å². The average Bonchev–Trinajstić information content (AvgIpc) is 2.98. The van der Waals surface area contributed by atoms with Crippen molar-refractivity contribution in [2.75, 3.05) is 0 Å². The highest BCUT2D eigenvalue weighted by atomic mass is 32.1. The molecule has 4 rings (SSSR count). The van der Waals surface area contributed by atoms with Gasteiger partial charge in [-0.2, -0.15) is 0 Å². The molecule has 0 fully saturated rings. The molecule has 0 aliphatic heterocycles. The monoisotopic (exact) mass is 370 g/mol. The fraction of sp³-hybridized carbons (Fsp3) is 0.350. The fourth-order valence-electron chi connectivity index (χ4n) is 3.58. The van der Waals surface area contributed by atoms with E-state index in [4.69, 9.17) is 0 Å². The Hall–Kier alpha value is -2.34. The molecule has 26 heavy (non-hydrogen) atoms. The van der Waals surface area contributed by atoms with Crippen molar-refractivity contribution < 1.29 is 9.18 Å². The van der Waals surface area contributed by atoms with Crippen LogP contribution >= 0.6 is 11.3 Å². The molecule has 1 aliphatic rings. The molecule has 0 N–H and O–H groups in total. The first kappa shape index (κ1) is 17.1. The van der Waals surface area contributed by atoms with Gasteiger partial charge in [0.1, 0.15) is 16.5 Å². The molecule has 0 amide bonds. The molecule has 0 atom stereocenters. The van der Waals surface area contributed by atoms with Gasteiger partial charge in [0.2, 0.25) is 0 Å². The van der Waals surface area contributed by atoms with Gasteiger partial charge >= 0.3 is 0 Å². The summed E-state index contributed by atoms with van der Waals surface area (Å²) in [6.07, 6.45) is 4.14. The van der Waals surface area contributed by atoms with Gasteiger partial charge in [0.05, 0.1) is 11.9 Å². The summed E-state index contributed by atoms with van der Waals surface area (Å²) >= 11 is 1.60. The lowest BCUT2D eigenvalue weighted by atomic mass is 9.97. The van der Waals surface area contributed by atoms with Crippen LogP contribution in [0.1, 0.15) is 45.0 Å². The molecule has 0 radical (unpaired) electrons. The van der Waals surface area contributed by atoms with E-state index in [1.54, 1.807) is 25.2 Å². The Balaban J connectivity index is 1.77. The summed E-state index contributed by atoms with van der Waals surface area (Å²) in [4.78, 5) is 32.4. The summed E-state index contributed by atoms with van der Waals surface area (Å²) in [6.45, 7) is 3.29. The lowest BCUT2D eigenvalue weighted by molar-refractivity contribution is 0.0969. The Morgan fingerprint density at radius 3 is 2.81 bits per heavy atom. The maximum Gasteiger partial charge on any atom is 0.262 e. The SMILES string of the molecule is Cc1cc(C(=O)Cn2c(C)nc3sc4c(c3c2=O)CCCC4)ccc1F. The number of nitrogens with zero attached hydrogens (tertiary/aromatic N) is 2. The van der Waals surface area contributed by atoms with Crippen molar-refractivity contribution in [2.45, 2.75) is 46.1 Å². The Kier molecular flexibility index (Phi) is 4.23. The Labute approximate surface area is 154 Å². The molecule has 2 aromatic heterocycles. The molecule has 0 bridgehead atoms. The predicted octanol–water partition coefficient (Wildman–Crippen LogP) is 3.98. The number of aromatic nitrogens is 2. The van der Waals surface area contributed by atoms with Crippen molar-refractivity contribution in [1.82, 2.24) is 9.55 Å². The molecule has 3 aromatic rings. The van der Waals surface area contributed by atoms with Gasteiger partial charge in [-0.05, 0) is 68.9 Å². The molecule has 1 aliphatic carbocycles. The zero-order chi connectivity index (χ0) is 18.4. The van der Waals surface area contributed by atoms with Crippen LogP contribution in [0.15, 0.2) is 23.0 Å². The Morgan fingerprint density at radius 1 is 1.27 bits per heavy atom. The quantitative estimate of drug-likeness (QED) is 0.656. The van der Waals surface area contributed by atoms with Gasteiger partial charge in [-0.3, -0.25) is 14.2 Å². The maximum absolute atomic E-state index is 13.4. The number of aryl methyl sites for hydroxylation is 4. The topological polar surface area (TPSA) is 52.0 Å². The summed E-state index contributed by atoms with van der Waals surface area (Å²) in [5, 5.41) is 0.679. The number of Topliss-reactive ketones (excluding diaryl/α,β-unsaturated/α-hetero) is 1. The maximum atomic E-state index is 13.4. The second-order valence-electron chi connectivity index (χ2n) is 6.83. The van der Waals surface area contributed by atoms with Gasteiger partial charge in [0, 0.05) is 10.4 Å². The van der Waals surface area contributed by atoms with E-state index in [1.165, 1.54) is 27.6 Å². The molecule has 1 aromatic carbocycles. The number of hydrogen-bond acceptors (Lipinski definition) is 4. The van der Waals surface area contributed by atoms with Crippen LogP contribution in [-0.4, -0.2) is 15.3 Å². The van der Waals surface area contributed by atoms with E-state index in [0.29, 0.717) is 22.3 Å². The molecule has 4 nitrogen and oxygen atoms in total. The van der Waals surface area contributed by atoms with Crippen LogP contribution in [0.4, 0.5) is 4.39 Å². The van der Waals surface area contributed by atoms with Crippen LogP contribution < -0.4 is 5.56 Å². The highest BCUT2D eigenvalue weighted by Crippen LogP contribution is 2.33. The molecule has 6 heteroatoms. The summed E-state index contributed by atoms with van der Waals surface area (Å²) in [5.74, 6) is -0.0280. The molecular weight excluding hydrogens is 351 g/mol. The van der Waals surface area contributed by atoms with Crippen LogP contribution in [-0.2, 0) is 19.4 Å².